The van der Waals surface area contributed by atoms with Crippen molar-refractivity contribution in [3.05, 3.63) is 200 Å². The van der Waals surface area contributed by atoms with Crippen molar-refractivity contribution in [2.45, 2.75) is 142 Å². The Morgan fingerprint density at radius 3 is 1.02 bits per heavy atom. The summed E-state index contributed by atoms with van der Waals surface area (Å²) in [5, 5.41) is 0. The van der Waals surface area contributed by atoms with Gasteiger partial charge in [0, 0.05) is 22.7 Å². The van der Waals surface area contributed by atoms with Crippen molar-refractivity contribution in [3.63, 3.8) is 0 Å². The molecule has 62 heavy (non-hydrogen) atoms. The first-order valence-electron chi connectivity index (χ1n) is 23.4. The Morgan fingerprint density at radius 2 is 0.677 bits per heavy atom. The zero-order chi connectivity index (χ0) is 44.4. The zero-order valence-corrected chi connectivity index (χ0v) is 40.3. The minimum Gasteiger partial charge on any atom is -0.0764 e. The highest BCUT2D eigenvalue weighted by Crippen LogP contribution is 2.54. The molecule has 0 heterocycles. The van der Waals surface area contributed by atoms with Crippen LogP contribution in [0.4, 0.5) is 0 Å². The van der Waals surface area contributed by atoms with E-state index in [2.05, 4.69) is 230 Å². The summed E-state index contributed by atoms with van der Waals surface area (Å²) in [6, 6.07) is 34.8. The lowest BCUT2D eigenvalue weighted by Crippen LogP contribution is -2.35. The van der Waals surface area contributed by atoms with Crippen molar-refractivity contribution in [1.82, 2.24) is 0 Å². The lowest BCUT2D eigenvalue weighted by molar-refractivity contribution is 0.466. The molecule has 318 valence electrons. The minimum absolute atomic E-state index is 0.0122. The van der Waals surface area contributed by atoms with E-state index in [0.717, 1.165) is 12.8 Å². The van der Waals surface area contributed by atoms with Crippen molar-refractivity contribution >= 4 is 0 Å². The lowest BCUT2D eigenvalue weighted by atomic mass is 9.61. The summed E-state index contributed by atoms with van der Waals surface area (Å²) in [5.41, 5.74) is 22.4. The molecule has 0 heteroatoms. The van der Waals surface area contributed by atoms with Gasteiger partial charge in [0.2, 0.25) is 0 Å². The van der Waals surface area contributed by atoms with Crippen LogP contribution in [0.25, 0.3) is 22.3 Å². The van der Waals surface area contributed by atoms with Gasteiger partial charge in [0.15, 0.2) is 0 Å². The predicted octanol–water partition coefficient (Wildman–Crippen LogP) is 16.1. The third kappa shape index (κ3) is 6.87. The number of hydrogen-bond donors (Lipinski definition) is 0. The predicted molar refractivity (Wildman–Crippen MR) is 267 cm³/mol. The average molecular weight is 815 g/mol. The van der Waals surface area contributed by atoms with Gasteiger partial charge in [-0.25, -0.2) is 0 Å². The van der Waals surface area contributed by atoms with Crippen molar-refractivity contribution in [2.75, 3.05) is 0 Å². The first-order chi connectivity index (χ1) is 29.0. The molecule has 0 aliphatic heterocycles. The average Bonchev–Trinajstić information content (AvgIpc) is 4.04. The smallest absolute Gasteiger partial charge is 0.0275 e. The van der Waals surface area contributed by atoms with Gasteiger partial charge in [0.05, 0.1) is 0 Å². The van der Waals surface area contributed by atoms with Gasteiger partial charge in [-0.2, -0.15) is 0 Å². The van der Waals surface area contributed by atoms with Gasteiger partial charge < -0.3 is 0 Å². The monoisotopic (exact) mass is 815 g/mol. The lowest BCUT2D eigenvalue weighted by Gasteiger charge is -2.41. The Balaban J connectivity index is 1.28. The molecule has 2 unspecified atom stereocenters. The van der Waals surface area contributed by atoms with E-state index in [9.17, 15) is 0 Å². The van der Waals surface area contributed by atoms with Crippen LogP contribution in [0.5, 0.6) is 0 Å². The zero-order valence-electron chi connectivity index (χ0n) is 40.3. The number of benzene rings is 5. The molecule has 0 nitrogen and oxygen atoms in total. The second-order valence-corrected chi connectivity index (χ2v) is 23.8. The van der Waals surface area contributed by atoms with E-state index in [1.807, 2.05) is 0 Å². The van der Waals surface area contributed by atoms with E-state index < -0.39 is 0 Å². The maximum absolute atomic E-state index is 2.63. The minimum atomic E-state index is -0.323. The Kier molecular flexibility index (Phi) is 9.76. The molecule has 0 saturated heterocycles. The summed E-state index contributed by atoms with van der Waals surface area (Å²) >= 11 is 0. The van der Waals surface area contributed by atoms with Crippen LogP contribution in [0.2, 0.25) is 0 Å². The van der Waals surface area contributed by atoms with E-state index in [1.54, 1.807) is 0 Å². The molecule has 0 N–H and O–H groups in total. The van der Waals surface area contributed by atoms with Crippen LogP contribution in [0.3, 0.4) is 0 Å². The Morgan fingerprint density at radius 1 is 0.339 bits per heavy atom. The normalized spacial score (nSPS) is 17.9. The van der Waals surface area contributed by atoms with Gasteiger partial charge in [-0.15, -0.1) is 0 Å². The second kappa shape index (κ2) is 14.3. The number of allylic oxidation sites excluding steroid dienone is 8. The van der Waals surface area contributed by atoms with Crippen LogP contribution in [-0.2, 0) is 45.3 Å². The van der Waals surface area contributed by atoms with E-state index in [1.165, 1.54) is 89.0 Å². The summed E-state index contributed by atoms with van der Waals surface area (Å²) in [5.74, 6) is 0.423. The van der Waals surface area contributed by atoms with Gasteiger partial charge in [-0.3, -0.25) is 0 Å². The van der Waals surface area contributed by atoms with Gasteiger partial charge in [-0.05, 0) is 124 Å². The van der Waals surface area contributed by atoms with E-state index in [4.69, 9.17) is 0 Å². The number of hydrogen-bond acceptors (Lipinski definition) is 0. The molecule has 2 atom stereocenters. The van der Waals surface area contributed by atoms with E-state index in [0.29, 0.717) is 0 Å². The van der Waals surface area contributed by atoms with Crippen LogP contribution in [0.1, 0.15) is 164 Å². The molecule has 0 spiro atoms. The highest BCUT2D eigenvalue weighted by Gasteiger charge is 2.44. The maximum atomic E-state index is 2.63. The maximum Gasteiger partial charge on any atom is 0.0275 e. The van der Waals surface area contributed by atoms with Crippen LogP contribution in [0, 0.1) is 11.8 Å². The molecule has 0 fully saturated rings. The van der Waals surface area contributed by atoms with Gasteiger partial charge in [0.1, 0.15) is 0 Å². The molecule has 0 saturated carbocycles. The van der Waals surface area contributed by atoms with Crippen molar-refractivity contribution in [2.24, 2.45) is 11.8 Å². The molecule has 0 amide bonds. The van der Waals surface area contributed by atoms with Gasteiger partial charge in [0.25, 0.3) is 0 Å². The molecular formula is C62H70. The Labute approximate surface area is 375 Å². The van der Waals surface area contributed by atoms with E-state index in [-0.39, 0.29) is 44.3 Å². The summed E-state index contributed by atoms with van der Waals surface area (Å²) in [6.07, 6.45) is 20.8. The van der Waals surface area contributed by atoms with Gasteiger partial charge in [-0.1, -0.05) is 230 Å². The first kappa shape index (κ1) is 42.4. The van der Waals surface area contributed by atoms with Crippen molar-refractivity contribution in [1.29, 1.82) is 0 Å². The third-order valence-electron chi connectivity index (χ3n) is 15.5. The number of fused-ring (bicyclic) bond motifs is 6. The largest absolute Gasteiger partial charge is 0.0764 e. The molecule has 9 rings (SSSR count). The van der Waals surface area contributed by atoms with E-state index >= 15 is 0 Å². The van der Waals surface area contributed by atoms with Gasteiger partial charge >= 0.3 is 0 Å². The topological polar surface area (TPSA) is 0 Å². The standard InChI is InChI=1S/C62H70/c1-57(2,3)43-28-26-39-30-53-51(49(39)33-43)35-47(59(7,8)9)37-55(53)61(13,41-20-15-16-21-41)45-24-19-25-46(32-45)62(14,42-22-17-18-23-42)56-38-48(60(10,11)12)36-52-50-34-44(58(4,5)6)29-27-40(50)31-54(52)56/h15-29,32-38,41-42H,30-31H2,1-14H3. The van der Waals surface area contributed by atoms with Crippen molar-refractivity contribution < 1.29 is 0 Å². The van der Waals surface area contributed by atoms with Crippen LogP contribution < -0.4 is 0 Å². The fraction of sp³-hybridized carbons (Fsp3) is 0.387. The highest BCUT2D eigenvalue weighted by molar-refractivity contribution is 5.82. The molecule has 0 radical (unpaired) electrons. The first-order valence-corrected chi connectivity index (χ1v) is 23.4. The van der Waals surface area contributed by atoms with Crippen LogP contribution >= 0.6 is 0 Å². The summed E-state index contributed by atoms with van der Waals surface area (Å²) in [7, 11) is 0. The summed E-state index contributed by atoms with van der Waals surface area (Å²) < 4.78 is 0. The molecular weight excluding hydrogens is 745 g/mol. The van der Waals surface area contributed by atoms with Crippen LogP contribution in [0.15, 0.2) is 134 Å². The van der Waals surface area contributed by atoms with Crippen molar-refractivity contribution in [3.8, 4) is 22.3 Å². The number of rotatable bonds is 6. The summed E-state index contributed by atoms with van der Waals surface area (Å²) in [6.45, 7) is 33.4. The fourth-order valence-electron chi connectivity index (χ4n) is 11.1. The molecule has 5 aromatic carbocycles. The SMILES string of the molecule is CC(C)(C)c1ccc2c(c1)-c1cc(C(C)(C)C)cc(C(C)(c3cccc(C(C)(c4cc(C(C)(C)C)cc5c4Cc4ccc(C(C)(C)C)cc4-5)C4C=CC=C4)c3)C3C=CC=C3)c1C2. The second-order valence-electron chi connectivity index (χ2n) is 23.8. The Bertz CT molecular complexity index is 2530. The molecule has 4 aliphatic carbocycles. The third-order valence-corrected chi connectivity index (χ3v) is 15.5. The molecule has 5 aromatic rings. The molecule has 0 bridgehead atoms. The summed E-state index contributed by atoms with van der Waals surface area (Å²) in [4.78, 5) is 0. The molecule has 0 aromatic heterocycles. The fourth-order valence-corrected chi connectivity index (χ4v) is 11.1. The highest BCUT2D eigenvalue weighted by atomic mass is 14.5. The Hall–Kier alpha value is -4.94. The van der Waals surface area contributed by atoms with Crippen LogP contribution in [-0.4, -0.2) is 0 Å². The molecule has 4 aliphatic rings. The quantitative estimate of drug-likeness (QED) is 0.157.